The summed E-state index contributed by atoms with van der Waals surface area (Å²) >= 11 is 0. The highest BCUT2D eigenvalue weighted by atomic mass is 19.1. The highest BCUT2D eigenvalue weighted by molar-refractivity contribution is 5.84. The summed E-state index contributed by atoms with van der Waals surface area (Å²) in [6.07, 6.45) is 0.495. The van der Waals surface area contributed by atoms with E-state index in [0.717, 1.165) is 6.42 Å². The molecule has 3 atom stereocenters. The molecule has 1 amide bonds. The molecule has 98 valence electrons. The lowest BCUT2D eigenvalue weighted by atomic mass is 10.1. The number of nitrogens with one attached hydrogen (secondary N) is 1. The molecule has 4 heteroatoms. The third-order valence-electron chi connectivity index (χ3n) is 3.58. The highest BCUT2D eigenvalue weighted by Crippen LogP contribution is 2.29. The van der Waals surface area contributed by atoms with Crippen molar-refractivity contribution >= 4 is 5.91 Å². The second kappa shape index (κ2) is 5.06. The summed E-state index contributed by atoms with van der Waals surface area (Å²) in [4.78, 5) is 13.9. The average molecular weight is 250 g/mol. The largest absolute Gasteiger partial charge is 0.319 e. The van der Waals surface area contributed by atoms with Crippen molar-refractivity contribution in [2.75, 3.05) is 0 Å². The number of hydrogen-bond acceptors (Lipinski definition) is 2. The molecule has 0 radical (unpaired) electrons. The topological polar surface area (TPSA) is 32.3 Å². The normalized spacial score (nSPS) is 25.6. The van der Waals surface area contributed by atoms with E-state index in [1.54, 1.807) is 23.1 Å². The number of amides is 1. The van der Waals surface area contributed by atoms with Crippen LogP contribution in [0.3, 0.4) is 0 Å². The van der Waals surface area contributed by atoms with Gasteiger partial charge < -0.3 is 4.90 Å². The van der Waals surface area contributed by atoms with Crippen LogP contribution in [0.1, 0.15) is 38.9 Å². The van der Waals surface area contributed by atoms with Gasteiger partial charge in [-0.05, 0) is 26.3 Å². The second-order valence-corrected chi connectivity index (χ2v) is 4.82. The Labute approximate surface area is 107 Å². The minimum Gasteiger partial charge on any atom is -0.319 e. The van der Waals surface area contributed by atoms with Gasteiger partial charge in [-0.2, -0.15) is 0 Å². The number of nitrogens with zero attached hydrogens (tertiary/aromatic N) is 1. The van der Waals surface area contributed by atoms with E-state index >= 15 is 0 Å². The fourth-order valence-corrected chi connectivity index (χ4v) is 2.34. The van der Waals surface area contributed by atoms with E-state index in [4.69, 9.17) is 0 Å². The predicted molar refractivity (Wildman–Crippen MR) is 68.3 cm³/mol. The van der Waals surface area contributed by atoms with Gasteiger partial charge in [0.2, 0.25) is 5.91 Å². The van der Waals surface area contributed by atoms with E-state index < -0.39 is 0 Å². The van der Waals surface area contributed by atoms with E-state index in [9.17, 15) is 9.18 Å². The van der Waals surface area contributed by atoms with Crippen molar-refractivity contribution in [2.24, 2.45) is 0 Å². The molecule has 1 heterocycles. The van der Waals surface area contributed by atoms with E-state index in [0.29, 0.717) is 5.56 Å². The molecule has 0 saturated carbocycles. The molecule has 0 aromatic heterocycles. The maximum Gasteiger partial charge on any atom is 0.241 e. The van der Waals surface area contributed by atoms with Crippen molar-refractivity contribution in [3.8, 4) is 0 Å². The number of hydrogen-bond donors (Lipinski definition) is 1. The molecular formula is C14H19FN2O. The lowest BCUT2D eigenvalue weighted by Gasteiger charge is -2.30. The van der Waals surface area contributed by atoms with Crippen LogP contribution in [-0.2, 0) is 4.79 Å². The van der Waals surface area contributed by atoms with Crippen LogP contribution >= 0.6 is 0 Å². The molecule has 1 aliphatic rings. The van der Waals surface area contributed by atoms with Gasteiger partial charge >= 0.3 is 0 Å². The van der Waals surface area contributed by atoms with Crippen LogP contribution in [0.2, 0.25) is 0 Å². The Morgan fingerprint density at radius 2 is 2.11 bits per heavy atom. The first kappa shape index (κ1) is 13.0. The molecule has 2 rings (SSSR count). The first-order chi connectivity index (χ1) is 8.56. The minimum atomic E-state index is -0.358. The van der Waals surface area contributed by atoms with Gasteiger partial charge in [0.1, 0.15) is 12.0 Å². The van der Waals surface area contributed by atoms with Crippen LogP contribution in [0.5, 0.6) is 0 Å². The van der Waals surface area contributed by atoms with Gasteiger partial charge in [0.25, 0.3) is 0 Å². The zero-order chi connectivity index (χ0) is 13.3. The van der Waals surface area contributed by atoms with Crippen LogP contribution in [0, 0.1) is 5.82 Å². The molecule has 0 aliphatic carbocycles. The summed E-state index contributed by atoms with van der Waals surface area (Å²) in [5.74, 6) is -0.234. The quantitative estimate of drug-likeness (QED) is 0.893. The number of carbonyl (C=O) groups excluding carboxylic acids is 1. The van der Waals surface area contributed by atoms with Gasteiger partial charge in [-0.3, -0.25) is 10.1 Å². The fourth-order valence-electron chi connectivity index (χ4n) is 2.34. The molecule has 0 spiro atoms. The molecule has 1 N–H and O–H groups in total. The molecule has 1 aliphatic heterocycles. The van der Waals surface area contributed by atoms with Gasteiger partial charge in [-0.25, -0.2) is 4.39 Å². The second-order valence-electron chi connectivity index (χ2n) is 4.82. The number of benzene rings is 1. The Bertz CT molecular complexity index is 449. The van der Waals surface area contributed by atoms with Crippen LogP contribution in [0.4, 0.5) is 4.39 Å². The zero-order valence-corrected chi connectivity index (χ0v) is 11.0. The van der Waals surface area contributed by atoms with Crippen molar-refractivity contribution in [3.05, 3.63) is 35.6 Å². The molecule has 0 bridgehead atoms. The van der Waals surface area contributed by atoms with E-state index in [1.165, 1.54) is 6.07 Å². The lowest BCUT2D eigenvalue weighted by Crippen LogP contribution is -2.38. The van der Waals surface area contributed by atoms with Crippen molar-refractivity contribution in [3.63, 3.8) is 0 Å². The van der Waals surface area contributed by atoms with Crippen molar-refractivity contribution in [2.45, 2.75) is 45.4 Å². The van der Waals surface area contributed by atoms with Crippen molar-refractivity contribution < 1.29 is 9.18 Å². The van der Waals surface area contributed by atoms with Gasteiger partial charge in [-0.1, -0.05) is 25.1 Å². The summed E-state index contributed by atoms with van der Waals surface area (Å²) in [6, 6.07) is 6.45. The molecule has 1 aromatic rings. The summed E-state index contributed by atoms with van der Waals surface area (Å²) < 4.78 is 13.9. The lowest BCUT2D eigenvalue weighted by molar-refractivity contribution is -0.131. The molecule has 3 nitrogen and oxygen atoms in total. The molecule has 18 heavy (non-hydrogen) atoms. The maximum atomic E-state index is 13.9. The molecule has 1 aromatic carbocycles. The van der Waals surface area contributed by atoms with E-state index in [2.05, 4.69) is 5.32 Å². The summed E-state index contributed by atoms with van der Waals surface area (Å²) in [6.45, 7) is 5.84. The summed E-state index contributed by atoms with van der Waals surface area (Å²) in [7, 11) is 0. The van der Waals surface area contributed by atoms with Crippen LogP contribution in [-0.4, -0.2) is 22.9 Å². The van der Waals surface area contributed by atoms with Gasteiger partial charge in [-0.15, -0.1) is 0 Å². The van der Waals surface area contributed by atoms with Crippen LogP contribution in [0.25, 0.3) is 0 Å². The average Bonchev–Trinajstić information content (AvgIpc) is 2.65. The molecule has 1 fully saturated rings. The van der Waals surface area contributed by atoms with Gasteiger partial charge in [0.15, 0.2) is 0 Å². The standard InChI is InChI=1S/C14H19FN2O/c1-4-9(2)17-13(16-10(3)14(17)18)11-7-5-6-8-12(11)15/h5-10,13,16H,4H2,1-3H3. The fraction of sp³-hybridized carbons (Fsp3) is 0.500. The molecule has 1 saturated heterocycles. The number of carbonyl (C=O) groups is 1. The molecular weight excluding hydrogens is 231 g/mol. The van der Waals surface area contributed by atoms with Crippen molar-refractivity contribution in [1.29, 1.82) is 0 Å². The smallest absolute Gasteiger partial charge is 0.241 e. The Morgan fingerprint density at radius 1 is 1.44 bits per heavy atom. The summed E-state index contributed by atoms with van der Waals surface area (Å²) in [5.41, 5.74) is 0.538. The Hall–Kier alpha value is -1.42. The highest BCUT2D eigenvalue weighted by Gasteiger charge is 2.40. The van der Waals surface area contributed by atoms with Crippen LogP contribution < -0.4 is 5.32 Å². The first-order valence-electron chi connectivity index (χ1n) is 6.39. The molecule has 3 unspecified atom stereocenters. The Kier molecular flexibility index (Phi) is 3.66. The van der Waals surface area contributed by atoms with Gasteiger partial charge in [0, 0.05) is 11.6 Å². The Balaban J connectivity index is 2.37. The monoisotopic (exact) mass is 250 g/mol. The first-order valence-corrected chi connectivity index (χ1v) is 6.39. The SMILES string of the molecule is CCC(C)N1C(=O)C(C)NC1c1ccccc1F. The third kappa shape index (κ3) is 2.12. The summed E-state index contributed by atoms with van der Waals surface area (Å²) in [5, 5.41) is 3.16. The maximum absolute atomic E-state index is 13.9. The third-order valence-corrected chi connectivity index (χ3v) is 3.58. The van der Waals surface area contributed by atoms with E-state index in [-0.39, 0.29) is 30.0 Å². The minimum absolute atomic E-state index is 0.0394. The van der Waals surface area contributed by atoms with Gasteiger partial charge in [0.05, 0.1) is 6.04 Å². The zero-order valence-electron chi connectivity index (χ0n) is 11.0. The number of halogens is 1. The number of rotatable bonds is 3. The Morgan fingerprint density at radius 3 is 2.72 bits per heavy atom. The van der Waals surface area contributed by atoms with Crippen molar-refractivity contribution in [1.82, 2.24) is 10.2 Å². The van der Waals surface area contributed by atoms with Crippen LogP contribution in [0.15, 0.2) is 24.3 Å². The predicted octanol–water partition coefficient (Wildman–Crippen LogP) is 2.44. The van der Waals surface area contributed by atoms with E-state index in [1.807, 2.05) is 20.8 Å².